The Morgan fingerprint density at radius 3 is 1.23 bits per heavy atom. The van der Waals surface area contributed by atoms with Gasteiger partial charge in [0.05, 0.1) is 11.5 Å². The van der Waals surface area contributed by atoms with Crippen LogP contribution >= 0.6 is 0 Å². The standard InChI is InChI=1S/C28H28BO2/c1-19-13-15-23(21(3)17-19)29(25-9-5-7-11-27(25)30,26-10-6-8-12-28(26)31)24-16-14-20(2)18-22(24)4/h5-18,30-31H,1-4H3/q-1. The second-order valence-electron chi connectivity index (χ2n) is 8.70. The molecule has 0 saturated carbocycles. The van der Waals surface area contributed by atoms with Gasteiger partial charge in [-0.2, -0.15) is 21.9 Å². The molecule has 0 unspecified atom stereocenters. The zero-order chi connectivity index (χ0) is 22.2. The van der Waals surface area contributed by atoms with Gasteiger partial charge in [-0.15, -0.1) is 0 Å². The van der Waals surface area contributed by atoms with Crippen molar-refractivity contribution in [3.63, 3.8) is 0 Å². The molecule has 0 aliphatic rings. The summed E-state index contributed by atoms with van der Waals surface area (Å²) in [5.74, 6) is 0.455. The third kappa shape index (κ3) is 3.40. The van der Waals surface area contributed by atoms with Crippen LogP contribution < -0.4 is 21.9 Å². The Balaban J connectivity index is 2.28. The fourth-order valence-corrected chi connectivity index (χ4v) is 5.34. The molecule has 4 rings (SSSR count). The van der Waals surface area contributed by atoms with Gasteiger partial charge in [0, 0.05) is 0 Å². The molecule has 0 aliphatic heterocycles. The van der Waals surface area contributed by atoms with E-state index >= 15 is 0 Å². The first-order chi connectivity index (χ1) is 14.9. The van der Waals surface area contributed by atoms with Crippen molar-refractivity contribution in [3.8, 4) is 11.5 Å². The lowest BCUT2D eigenvalue weighted by Gasteiger charge is -2.46. The van der Waals surface area contributed by atoms with Crippen LogP contribution in [0.15, 0.2) is 84.9 Å². The molecule has 0 saturated heterocycles. The molecule has 0 aliphatic carbocycles. The summed E-state index contributed by atoms with van der Waals surface area (Å²) in [6.45, 7) is 8.40. The highest BCUT2D eigenvalue weighted by molar-refractivity contribution is 7.20. The van der Waals surface area contributed by atoms with Crippen LogP contribution in [0.2, 0.25) is 0 Å². The molecule has 31 heavy (non-hydrogen) atoms. The predicted molar refractivity (Wildman–Crippen MR) is 132 cm³/mol. The molecular formula is C28H28BO2-. The minimum Gasteiger partial charge on any atom is -0.511 e. The molecule has 4 aromatic rings. The van der Waals surface area contributed by atoms with Crippen LogP contribution in [0.3, 0.4) is 0 Å². The maximum absolute atomic E-state index is 11.1. The summed E-state index contributed by atoms with van der Waals surface area (Å²) in [6.07, 6.45) is -1.85. The van der Waals surface area contributed by atoms with E-state index in [1.54, 1.807) is 12.1 Å². The number of phenols is 2. The van der Waals surface area contributed by atoms with Gasteiger partial charge in [-0.3, -0.25) is 0 Å². The first kappa shape index (κ1) is 20.8. The average Bonchev–Trinajstić information content (AvgIpc) is 2.72. The van der Waals surface area contributed by atoms with Crippen molar-refractivity contribution in [2.45, 2.75) is 27.7 Å². The van der Waals surface area contributed by atoms with E-state index < -0.39 is 6.15 Å². The van der Waals surface area contributed by atoms with Crippen molar-refractivity contribution < 1.29 is 10.2 Å². The van der Waals surface area contributed by atoms with Crippen LogP contribution in [0, 0.1) is 27.7 Å². The van der Waals surface area contributed by atoms with Crippen LogP contribution in [0.25, 0.3) is 0 Å². The predicted octanol–water partition coefficient (Wildman–Crippen LogP) is 3.71. The number of aryl methyl sites for hydroxylation is 4. The summed E-state index contributed by atoms with van der Waals surface area (Å²) in [6, 6.07) is 27.9. The highest BCUT2D eigenvalue weighted by Gasteiger charge is 2.37. The topological polar surface area (TPSA) is 40.5 Å². The Bertz CT molecular complexity index is 1160. The highest BCUT2D eigenvalue weighted by Crippen LogP contribution is 2.22. The molecule has 0 radical (unpaired) electrons. The van der Waals surface area contributed by atoms with E-state index in [-0.39, 0.29) is 11.5 Å². The third-order valence-corrected chi connectivity index (χ3v) is 6.59. The molecule has 2 N–H and O–H groups in total. The zero-order valence-corrected chi connectivity index (χ0v) is 18.6. The van der Waals surface area contributed by atoms with Crippen LogP contribution in [0.1, 0.15) is 22.3 Å². The molecule has 0 bridgehead atoms. The van der Waals surface area contributed by atoms with Gasteiger partial charge in [-0.25, -0.2) is 0 Å². The van der Waals surface area contributed by atoms with Gasteiger partial charge < -0.3 is 10.2 Å². The van der Waals surface area contributed by atoms with E-state index in [0.717, 1.165) is 33.0 Å². The molecule has 0 atom stereocenters. The van der Waals surface area contributed by atoms with E-state index in [1.807, 2.05) is 36.4 Å². The second kappa shape index (κ2) is 8.00. The van der Waals surface area contributed by atoms with Gasteiger partial charge in [-0.05, 0) is 39.8 Å². The minimum atomic E-state index is -1.85. The van der Waals surface area contributed by atoms with Gasteiger partial charge >= 0.3 is 0 Å². The van der Waals surface area contributed by atoms with Gasteiger partial charge in [0.25, 0.3) is 0 Å². The summed E-state index contributed by atoms with van der Waals surface area (Å²) in [5.41, 5.74) is 8.44. The van der Waals surface area contributed by atoms with Gasteiger partial charge in [-0.1, -0.05) is 95.1 Å². The van der Waals surface area contributed by atoms with Crippen molar-refractivity contribution >= 4 is 28.0 Å². The van der Waals surface area contributed by atoms with Gasteiger partial charge in [0.2, 0.25) is 0 Å². The van der Waals surface area contributed by atoms with E-state index in [9.17, 15) is 10.2 Å². The molecule has 4 aromatic carbocycles. The van der Waals surface area contributed by atoms with Gasteiger partial charge in [0.1, 0.15) is 6.15 Å². The lowest BCUT2D eigenvalue weighted by atomic mass is 9.12. The SMILES string of the molecule is Cc1ccc([B-](c2ccc(C)cc2C)(c2ccccc2O)c2ccccc2O)c(C)c1. The van der Waals surface area contributed by atoms with Crippen molar-refractivity contribution in [1.82, 2.24) is 0 Å². The molecule has 0 aromatic heterocycles. The first-order valence-corrected chi connectivity index (χ1v) is 10.7. The number of phenolic OH excluding ortho intramolecular Hbond substituents is 2. The minimum absolute atomic E-state index is 0.228. The smallest absolute Gasteiger partial charge is 0.117 e. The van der Waals surface area contributed by atoms with Crippen molar-refractivity contribution in [3.05, 3.63) is 107 Å². The number of benzene rings is 4. The Morgan fingerprint density at radius 1 is 0.484 bits per heavy atom. The largest absolute Gasteiger partial charge is 0.511 e. The van der Waals surface area contributed by atoms with E-state index in [0.29, 0.717) is 0 Å². The molecule has 156 valence electrons. The Morgan fingerprint density at radius 2 is 0.871 bits per heavy atom. The van der Waals surface area contributed by atoms with Crippen molar-refractivity contribution in [2.24, 2.45) is 0 Å². The van der Waals surface area contributed by atoms with E-state index in [1.165, 1.54) is 11.1 Å². The first-order valence-electron chi connectivity index (χ1n) is 10.7. The number of hydrogen-bond acceptors (Lipinski definition) is 2. The van der Waals surface area contributed by atoms with E-state index in [2.05, 4.69) is 64.1 Å². The van der Waals surface area contributed by atoms with E-state index in [4.69, 9.17) is 0 Å². The molecule has 2 nitrogen and oxygen atoms in total. The maximum atomic E-state index is 11.1. The second-order valence-corrected chi connectivity index (χ2v) is 8.70. The lowest BCUT2D eigenvalue weighted by Crippen LogP contribution is -2.75. The molecule has 0 spiro atoms. The zero-order valence-electron chi connectivity index (χ0n) is 18.6. The van der Waals surface area contributed by atoms with Crippen LogP contribution in [-0.2, 0) is 0 Å². The molecule has 0 fully saturated rings. The molecular weight excluding hydrogens is 379 g/mol. The molecule has 3 heteroatoms. The lowest BCUT2D eigenvalue weighted by molar-refractivity contribution is 0.478. The van der Waals surface area contributed by atoms with Crippen LogP contribution in [-0.4, -0.2) is 16.4 Å². The number of rotatable bonds is 4. The molecule has 0 amide bonds. The van der Waals surface area contributed by atoms with Crippen LogP contribution in [0.5, 0.6) is 11.5 Å². The Hall–Kier alpha value is -3.46. The monoisotopic (exact) mass is 407 g/mol. The number of hydrogen-bond donors (Lipinski definition) is 2. The summed E-state index contributed by atoms with van der Waals surface area (Å²) >= 11 is 0. The fraction of sp³-hybridized carbons (Fsp3) is 0.143. The van der Waals surface area contributed by atoms with Crippen molar-refractivity contribution in [1.29, 1.82) is 0 Å². The number of para-hydroxylation sites is 2. The Labute approximate surface area is 184 Å². The van der Waals surface area contributed by atoms with Gasteiger partial charge in [0.15, 0.2) is 0 Å². The summed E-state index contributed by atoms with van der Waals surface area (Å²) in [5, 5.41) is 22.3. The normalized spacial score (nSPS) is 11.5. The quantitative estimate of drug-likeness (QED) is 0.507. The fourth-order valence-electron chi connectivity index (χ4n) is 5.34. The number of aromatic hydroxyl groups is 2. The maximum Gasteiger partial charge on any atom is 0.117 e. The van der Waals surface area contributed by atoms with Crippen LogP contribution in [0.4, 0.5) is 0 Å². The molecule has 0 heterocycles. The third-order valence-electron chi connectivity index (χ3n) is 6.59. The average molecular weight is 407 g/mol. The Kier molecular flexibility index (Phi) is 5.37. The summed E-state index contributed by atoms with van der Waals surface area (Å²) in [4.78, 5) is 0. The highest BCUT2D eigenvalue weighted by atomic mass is 16.3. The summed E-state index contributed by atoms with van der Waals surface area (Å²) < 4.78 is 0. The van der Waals surface area contributed by atoms with Crippen molar-refractivity contribution in [2.75, 3.05) is 0 Å². The summed E-state index contributed by atoms with van der Waals surface area (Å²) in [7, 11) is 0.